The molecule has 1 heterocycles. The van der Waals surface area contributed by atoms with Crippen LogP contribution in [-0.4, -0.2) is 36.9 Å². The fraction of sp³-hybridized carbons (Fsp3) is 0.105. The summed E-state index contributed by atoms with van der Waals surface area (Å²) in [5, 5.41) is 3.09. The summed E-state index contributed by atoms with van der Waals surface area (Å²) < 4.78 is 9.80. The third-order valence-electron chi connectivity index (χ3n) is 3.88. The molecule has 2 N–H and O–H groups in total. The Hall–Kier alpha value is -3.61. The van der Waals surface area contributed by atoms with E-state index in [1.165, 1.54) is 26.5 Å². The number of hydrogen-bond acceptors (Lipinski definition) is 5. The van der Waals surface area contributed by atoms with Crippen LogP contribution in [0.3, 0.4) is 0 Å². The number of benzene rings is 2. The van der Waals surface area contributed by atoms with Crippen LogP contribution in [0.25, 0.3) is 10.9 Å². The Morgan fingerprint density at radius 3 is 2.58 bits per heavy atom. The lowest BCUT2D eigenvalue weighted by molar-refractivity contribution is -0.112. The van der Waals surface area contributed by atoms with Crippen LogP contribution in [0.4, 0.5) is 5.69 Å². The Kier molecular flexibility index (Phi) is 4.70. The fourth-order valence-corrected chi connectivity index (χ4v) is 2.57. The number of carbonyl (C=O) groups excluding carboxylic acids is 3. The van der Waals surface area contributed by atoms with Crippen molar-refractivity contribution in [1.29, 1.82) is 0 Å². The molecule has 0 saturated carbocycles. The molecule has 0 radical (unpaired) electrons. The second-order valence-corrected chi connectivity index (χ2v) is 5.47. The molecule has 0 aliphatic carbocycles. The van der Waals surface area contributed by atoms with E-state index >= 15 is 0 Å². The van der Waals surface area contributed by atoms with Crippen LogP contribution in [0.15, 0.2) is 48.7 Å². The highest BCUT2D eigenvalue weighted by Crippen LogP contribution is 2.24. The molecule has 0 bridgehead atoms. The van der Waals surface area contributed by atoms with Gasteiger partial charge < -0.3 is 19.8 Å². The van der Waals surface area contributed by atoms with Crippen LogP contribution in [0.1, 0.15) is 20.7 Å². The van der Waals surface area contributed by atoms with E-state index in [1.54, 1.807) is 36.4 Å². The Labute approximate surface area is 148 Å². The van der Waals surface area contributed by atoms with Gasteiger partial charge in [-0.3, -0.25) is 9.59 Å². The van der Waals surface area contributed by atoms with Crippen molar-refractivity contribution in [3.8, 4) is 5.75 Å². The molecule has 2 aromatic carbocycles. The van der Waals surface area contributed by atoms with Gasteiger partial charge in [-0.05, 0) is 36.4 Å². The van der Waals surface area contributed by atoms with Gasteiger partial charge in [-0.2, -0.15) is 0 Å². The monoisotopic (exact) mass is 352 g/mol. The number of aromatic nitrogens is 1. The van der Waals surface area contributed by atoms with Crippen LogP contribution in [-0.2, 0) is 9.53 Å². The quantitative estimate of drug-likeness (QED) is 0.418. The van der Waals surface area contributed by atoms with E-state index < -0.39 is 17.7 Å². The summed E-state index contributed by atoms with van der Waals surface area (Å²) >= 11 is 0. The van der Waals surface area contributed by atoms with Gasteiger partial charge in [0, 0.05) is 22.8 Å². The number of carbonyl (C=O) groups is 3. The average Bonchev–Trinajstić information content (AvgIpc) is 3.09. The number of anilines is 1. The molecule has 0 fully saturated rings. The van der Waals surface area contributed by atoms with Gasteiger partial charge in [0.1, 0.15) is 5.75 Å². The molecule has 132 valence electrons. The minimum absolute atomic E-state index is 0.237. The maximum atomic E-state index is 12.5. The Balaban J connectivity index is 1.85. The summed E-state index contributed by atoms with van der Waals surface area (Å²) in [5.74, 6) is -1.46. The van der Waals surface area contributed by atoms with Crippen molar-refractivity contribution in [2.75, 3.05) is 19.5 Å². The molecule has 1 amide bonds. The molecular weight excluding hydrogens is 336 g/mol. The Morgan fingerprint density at radius 1 is 1.04 bits per heavy atom. The van der Waals surface area contributed by atoms with Gasteiger partial charge >= 0.3 is 5.97 Å². The van der Waals surface area contributed by atoms with E-state index in [0.717, 1.165) is 5.52 Å². The zero-order chi connectivity index (χ0) is 18.7. The number of nitrogens with one attached hydrogen (secondary N) is 2. The topological polar surface area (TPSA) is 97.5 Å². The van der Waals surface area contributed by atoms with Crippen LogP contribution in [0.5, 0.6) is 5.75 Å². The van der Waals surface area contributed by atoms with E-state index in [4.69, 9.17) is 4.74 Å². The predicted octanol–water partition coefficient (Wildman–Crippen LogP) is 2.78. The van der Waals surface area contributed by atoms with Crippen molar-refractivity contribution in [1.82, 2.24) is 4.98 Å². The van der Waals surface area contributed by atoms with Crippen molar-refractivity contribution < 1.29 is 23.9 Å². The molecule has 0 saturated heterocycles. The number of H-pyrrole nitrogens is 1. The van der Waals surface area contributed by atoms with Gasteiger partial charge in [0.2, 0.25) is 0 Å². The van der Waals surface area contributed by atoms with Crippen molar-refractivity contribution >= 4 is 34.3 Å². The second kappa shape index (κ2) is 7.10. The molecule has 0 aliphatic heterocycles. The highest BCUT2D eigenvalue weighted by molar-refractivity contribution is 6.48. The lowest BCUT2D eigenvalue weighted by Crippen LogP contribution is -2.22. The molecule has 0 atom stereocenters. The maximum Gasteiger partial charge on any atom is 0.337 e. The third kappa shape index (κ3) is 3.27. The molecule has 0 aliphatic rings. The molecule has 3 rings (SSSR count). The highest BCUT2D eigenvalue weighted by atomic mass is 16.5. The third-order valence-corrected chi connectivity index (χ3v) is 3.88. The number of Topliss-reactive ketones (excluding diaryl/α,β-unsaturated/α-hetero) is 1. The molecule has 0 unspecified atom stereocenters. The van der Waals surface area contributed by atoms with Gasteiger partial charge in [0.25, 0.3) is 11.7 Å². The van der Waals surface area contributed by atoms with Crippen LogP contribution < -0.4 is 10.1 Å². The van der Waals surface area contributed by atoms with Gasteiger partial charge in [0.05, 0.1) is 25.3 Å². The smallest absolute Gasteiger partial charge is 0.337 e. The van der Waals surface area contributed by atoms with Crippen molar-refractivity contribution in [3.05, 3.63) is 59.8 Å². The summed E-state index contributed by atoms with van der Waals surface area (Å²) in [6.45, 7) is 0. The summed E-state index contributed by atoms with van der Waals surface area (Å²) in [5.41, 5.74) is 1.55. The van der Waals surface area contributed by atoms with E-state index in [0.29, 0.717) is 16.8 Å². The van der Waals surface area contributed by atoms with Crippen LogP contribution >= 0.6 is 0 Å². The minimum Gasteiger partial charge on any atom is -0.497 e. The molecule has 1 aromatic heterocycles. The van der Waals surface area contributed by atoms with Crippen LogP contribution in [0, 0.1) is 0 Å². The first-order chi connectivity index (χ1) is 12.5. The first-order valence-electron chi connectivity index (χ1n) is 7.72. The van der Waals surface area contributed by atoms with Crippen molar-refractivity contribution in [2.45, 2.75) is 0 Å². The molecular formula is C19H16N2O5. The van der Waals surface area contributed by atoms with Gasteiger partial charge in [0.15, 0.2) is 0 Å². The second-order valence-electron chi connectivity index (χ2n) is 5.47. The summed E-state index contributed by atoms with van der Waals surface area (Å²) in [7, 11) is 2.79. The normalized spacial score (nSPS) is 10.4. The number of aromatic amines is 1. The number of amides is 1. The fourth-order valence-electron chi connectivity index (χ4n) is 2.57. The van der Waals surface area contributed by atoms with E-state index in [2.05, 4.69) is 15.0 Å². The number of hydrogen-bond donors (Lipinski definition) is 2. The standard InChI is InChI=1S/C19H16N2O5/c1-25-13-6-7-16-14(9-13)15(10-20-16)17(22)18(23)21-12-5-3-4-11(8-12)19(24)26-2/h3-10,20H,1-2H3,(H,21,23). The number of fused-ring (bicyclic) bond motifs is 1. The van der Waals surface area contributed by atoms with Crippen molar-refractivity contribution in [2.24, 2.45) is 0 Å². The summed E-state index contributed by atoms with van der Waals surface area (Å²) in [6.07, 6.45) is 1.48. The Morgan fingerprint density at radius 2 is 1.85 bits per heavy atom. The van der Waals surface area contributed by atoms with E-state index in [9.17, 15) is 14.4 Å². The lowest BCUT2D eigenvalue weighted by Gasteiger charge is -2.06. The minimum atomic E-state index is -0.810. The van der Waals surface area contributed by atoms with Crippen molar-refractivity contribution in [3.63, 3.8) is 0 Å². The van der Waals surface area contributed by atoms with Crippen LogP contribution in [0.2, 0.25) is 0 Å². The molecule has 0 spiro atoms. The number of rotatable bonds is 5. The number of ether oxygens (including phenoxy) is 2. The lowest BCUT2D eigenvalue weighted by atomic mass is 10.1. The molecule has 7 heteroatoms. The highest BCUT2D eigenvalue weighted by Gasteiger charge is 2.21. The van der Waals surface area contributed by atoms with Gasteiger partial charge in [-0.15, -0.1) is 0 Å². The van der Waals surface area contributed by atoms with Gasteiger partial charge in [-0.1, -0.05) is 6.07 Å². The van der Waals surface area contributed by atoms with Gasteiger partial charge in [-0.25, -0.2) is 4.79 Å². The first kappa shape index (κ1) is 17.2. The largest absolute Gasteiger partial charge is 0.497 e. The number of esters is 1. The maximum absolute atomic E-state index is 12.5. The van der Waals surface area contributed by atoms with E-state index in [1.807, 2.05) is 0 Å². The SMILES string of the molecule is COC(=O)c1cccc(NC(=O)C(=O)c2c[nH]c3ccc(OC)cc23)c1. The molecule has 3 aromatic rings. The average molecular weight is 352 g/mol. The summed E-state index contributed by atoms with van der Waals surface area (Å²) in [6, 6.07) is 11.4. The number of ketones is 1. The molecule has 7 nitrogen and oxygen atoms in total. The molecule has 26 heavy (non-hydrogen) atoms. The number of methoxy groups -OCH3 is 2. The zero-order valence-corrected chi connectivity index (χ0v) is 14.2. The predicted molar refractivity (Wildman–Crippen MR) is 95.6 cm³/mol. The summed E-state index contributed by atoms with van der Waals surface area (Å²) in [4.78, 5) is 39.4. The zero-order valence-electron chi connectivity index (χ0n) is 14.2. The first-order valence-corrected chi connectivity index (χ1v) is 7.72. The van der Waals surface area contributed by atoms with E-state index in [-0.39, 0.29) is 11.1 Å². The Bertz CT molecular complexity index is 1010.